The molecule has 0 atom stereocenters. The van der Waals surface area contributed by atoms with Crippen LogP contribution in [0, 0.1) is 5.92 Å². The van der Waals surface area contributed by atoms with Crippen LogP contribution in [0.2, 0.25) is 0 Å². The van der Waals surface area contributed by atoms with Gasteiger partial charge in [0.05, 0.1) is 6.61 Å². The fraction of sp³-hybridized carbons (Fsp3) is 0.867. The van der Waals surface area contributed by atoms with Crippen LogP contribution in [0.15, 0.2) is 0 Å². The van der Waals surface area contributed by atoms with E-state index in [4.69, 9.17) is 4.74 Å². The van der Waals surface area contributed by atoms with Crippen LogP contribution in [-0.2, 0) is 14.3 Å². The Morgan fingerprint density at radius 3 is 2.21 bits per heavy atom. The van der Waals surface area contributed by atoms with Crippen molar-refractivity contribution < 1.29 is 14.3 Å². The van der Waals surface area contributed by atoms with Crippen molar-refractivity contribution in [3.63, 3.8) is 0 Å². The first kappa shape index (κ1) is 16.0. The third kappa shape index (κ3) is 4.84. The van der Waals surface area contributed by atoms with Crippen LogP contribution in [-0.4, -0.2) is 36.0 Å². The second-order valence-electron chi connectivity index (χ2n) is 5.22. The Labute approximate surface area is 116 Å². The predicted molar refractivity (Wildman–Crippen MR) is 74.7 cm³/mol. The summed E-state index contributed by atoms with van der Waals surface area (Å²) in [6.07, 6.45) is 5.20. The smallest absolute Gasteiger partial charge is 0.306 e. The Hall–Kier alpha value is -1.06. The number of nitrogens with zero attached hydrogens (tertiary/aromatic N) is 1. The standard InChI is InChI=1S/C15H27NO3/c1-4-14(17)16(5-2)13-9-7-12(8-10-13)11-15(18)19-6-3/h12-13H,4-11H2,1-3H3/t12-,13-. The van der Waals surface area contributed by atoms with Gasteiger partial charge in [-0.05, 0) is 45.4 Å². The predicted octanol–water partition coefficient (Wildman–Crippen LogP) is 2.76. The van der Waals surface area contributed by atoms with Gasteiger partial charge in [-0.1, -0.05) is 6.92 Å². The molecule has 110 valence electrons. The molecule has 1 amide bonds. The monoisotopic (exact) mass is 269 g/mol. The molecule has 0 aromatic carbocycles. The van der Waals surface area contributed by atoms with Gasteiger partial charge in [0.25, 0.3) is 0 Å². The largest absolute Gasteiger partial charge is 0.466 e. The van der Waals surface area contributed by atoms with Gasteiger partial charge < -0.3 is 9.64 Å². The summed E-state index contributed by atoms with van der Waals surface area (Å²) in [5.74, 6) is 0.602. The van der Waals surface area contributed by atoms with E-state index in [2.05, 4.69) is 0 Å². The highest BCUT2D eigenvalue weighted by Gasteiger charge is 2.28. The van der Waals surface area contributed by atoms with Crippen molar-refractivity contribution in [1.29, 1.82) is 0 Å². The van der Waals surface area contributed by atoms with Crippen molar-refractivity contribution in [3.8, 4) is 0 Å². The molecule has 0 aliphatic heterocycles. The molecule has 1 fully saturated rings. The maximum absolute atomic E-state index is 11.8. The molecule has 0 radical (unpaired) electrons. The Morgan fingerprint density at radius 1 is 1.11 bits per heavy atom. The topological polar surface area (TPSA) is 46.6 Å². The van der Waals surface area contributed by atoms with Crippen LogP contribution in [0.3, 0.4) is 0 Å². The Kier molecular flexibility index (Phi) is 6.89. The molecule has 0 N–H and O–H groups in total. The number of carbonyl (C=O) groups is 2. The van der Waals surface area contributed by atoms with Crippen molar-refractivity contribution in [1.82, 2.24) is 4.90 Å². The van der Waals surface area contributed by atoms with Gasteiger partial charge >= 0.3 is 5.97 Å². The molecular weight excluding hydrogens is 242 g/mol. The van der Waals surface area contributed by atoms with Crippen molar-refractivity contribution in [2.45, 2.75) is 65.3 Å². The van der Waals surface area contributed by atoms with Gasteiger partial charge in [-0.2, -0.15) is 0 Å². The number of esters is 1. The molecule has 4 heteroatoms. The number of carbonyl (C=O) groups excluding carboxylic acids is 2. The Balaban J connectivity index is 2.39. The SMILES string of the molecule is CCOC(=O)C[C@H]1CC[C@H](N(CC)C(=O)CC)CC1. The van der Waals surface area contributed by atoms with Gasteiger partial charge in [0, 0.05) is 25.4 Å². The Morgan fingerprint density at radius 2 is 1.74 bits per heavy atom. The molecule has 0 aromatic heterocycles. The lowest BCUT2D eigenvalue weighted by Gasteiger charge is -2.36. The molecule has 0 aromatic rings. The van der Waals surface area contributed by atoms with Gasteiger partial charge in [-0.3, -0.25) is 9.59 Å². The van der Waals surface area contributed by atoms with Crippen LogP contribution < -0.4 is 0 Å². The summed E-state index contributed by atoms with van der Waals surface area (Å²) in [6, 6.07) is 0.371. The molecule has 0 saturated heterocycles. The van der Waals surface area contributed by atoms with E-state index in [0.717, 1.165) is 32.2 Å². The molecule has 1 aliphatic rings. The van der Waals surface area contributed by atoms with E-state index < -0.39 is 0 Å². The normalized spacial score (nSPS) is 22.9. The lowest BCUT2D eigenvalue weighted by atomic mass is 9.83. The van der Waals surface area contributed by atoms with Crippen LogP contribution in [0.1, 0.15) is 59.3 Å². The molecule has 1 rings (SSSR count). The highest BCUT2D eigenvalue weighted by molar-refractivity contribution is 5.76. The highest BCUT2D eigenvalue weighted by atomic mass is 16.5. The second kappa shape index (κ2) is 8.18. The first-order valence-corrected chi connectivity index (χ1v) is 7.57. The van der Waals surface area contributed by atoms with E-state index in [-0.39, 0.29) is 11.9 Å². The summed E-state index contributed by atoms with van der Waals surface area (Å²) in [6.45, 7) is 7.04. The minimum absolute atomic E-state index is 0.0806. The first-order chi connectivity index (χ1) is 9.12. The maximum Gasteiger partial charge on any atom is 0.306 e. The fourth-order valence-electron chi connectivity index (χ4n) is 2.96. The van der Waals surface area contributed by atoms with Crippen LogP contribution >= 0.6 is 0 Å². The molecule has 0 heterocycles. The minimum atomic E-state index is -0.0806. The number of amides is 1. The molecule has 0 unspecified atom stereocenters. The molecular formula is C15H27NO3. The second-order valence-corrected chi connectivity index (χ2v) is 5.22. The highest BCUT2D eigenvalue weighted by Crippen LogP contribution is 2.30. The van der Waals surface area contributed by atoms with Gasteiger partial charge in [0.2, 0.25) is 5.91 Å². The molecule has 19 heavy (non-hydrogen) atoms. The first-order valence-electron chi connectivity index (χ1n) is 7.57. The third-order valence-electron chi connectivity index (χ3n) is 3.98. The van der Waals surface area contributed by atoms with Crippen molar-refractivity contribution in [3.05, 3.63) is 0 Å². The summed E-state index contributed by atoms with van der Waals surface area (Å²) in [4.78, 5) is 25.3. The van der Waals surface area contributed by atoms with Crippen LogP contribution in [0.5, 0.6) is 0 Å². The molecule has 0 spiro atoms. The van der Waals surface area contributed by atoms with Crippen molar-refractivity contribution >= 4 is 11.9 Å². The summed E-state index contributed by atoms with van der Waals surface area (Å²) in [7, 11) is 0. The average Bonchev–Trinajstić information content (AvgIpc) is 2.41. The summed E-state index contributed by atoms with van der Waals surface area (Å²) in [5, 5.41) is 0. The average molecular weight is 269 g/mol. The van der Waals surface area contributed by atoms with Gasteiger partial charge in [-0.25, -0.2) is 0 Å². The molecule has 1 aliphatic carbocycles. The number of rotatable bonds is 6. The van der Waals surface area contributed by atoms with Crippen molar-refractivity contribution in [2.75, 3.05) is 13.2 Å². The zero-order valence-corrected chi connectivity index (χ0v) is 12.5. The van der Waals surface area contributed by atoms with E-state index in [1.54, 1.807) is 0 Å². The van der Waals surface area contributed by atoms with Gasteiger partial charge in [-0.15, -0.1) is 0 Å². The van der Waals surface area contributed by atoms with E-state index in [9.17, 15) is 9.59 Å². The Bertz CT molecular complexity index is 296. The minimum Gasteiger partial charge on any atom is -0.466 e. The van der Waals surface area contributed by atoms with Crippen LogP contribution in [0.25, 0.3) is 0 Å². The summed E-state index contributed by atoms with van der Waals surface area (Å²) >= 11 is 0. The quantitative estimate of drug-likeness (QED) is 0.697. The number of ether oxygens (including phenoxy) is 1. The molecule has 4 nitrogen and oxygen atoms in total. The lowest BCUT2D eigenvalue weighted by molar-refractivity contribution is -0.145. The molecule has 0 bridgehead atoms. The molecule has 1 saturated carbocycles. The zero-order chi connectivity index (χ0) is 14.3. The van der Waals surface area contributed by atoms with E-state index in [1.807, 2.05) is 25.7 Å². The number of hydrogen-bond acceptors (Lipinski definition) is 3. The zero-order valence-electron chi connectivity index (χ0n) is 12.5. The van der Waals surface area contributed by atoms with E-state index in [1.165, 1.54) is 0 Å². The lowest BCUT2D eigenvalue weighted by Crippen LogP contribution is -2.42. The summed E-state index contributed by atoms with van der Waals surface area (Å²) in [5.41, 5.74) is 0. The van der Waals surface area contributed by atoms with E-state index in [0.29, 0.717) is 31.4 Å². The van der Waals surface area contributed by atoms with Crippen LogP contribution in [0.4, 0.5) is 0 Å². The van der Waals surface area contributed by atoms with Gasteiger partial charge in [0.15, 0.2) is 0 Å². The van der Waals surface area contributed by atoms with Gasteiger partial charge in [0.1, 0.15) is 0 Å². The maximum atomic E-state index is 11.8. The van der Waals surface area contributed by atoms with E-state index >= 15 is 0 Å². The summed E-state index contributed by atoms with van der Waals surface area (Å²) < 4.78 is 4.99. The fourth-order valence-corrected chi connectivity index (χ4v) is 2.96. The van der Waals surface area contributed by atoms with Crippen molar-refractivity contribution in [2.24, 2.45) is 5.92 Å². The third-order valence-corrected chi connectivity index (χ3v) is 3.98. The number of hydrogen-bond donors (Lipinski definition) is 0.